The molecule has 0 N–H and O–H groups in total. The van der Waals surface area contributed by atoms with E-state index in [9.17, 15) is 9.59 Å². The molecule has 0 aromatic heterocycles. The standard InChI is InChI=1S/C17H12O4/c18-13-4-1-3-11-6-7-12-8-9-15(19)20-10-2-5-14-17(12,21-14)16(11)13/h1-8,10,16H,9H2/b10-2-,12-8+,14-5-. The monoisotopic (exact) mass is 280 g/mol. The van der Waals surface area contributed by atoms with Crippen LogP contribution in [-0.2, 0) is 19.1 Å². The van der Waals surface area contributed by atoms with Gasteiger partial charge in [-0.1, -0.05) is 30.4 Å². The Bertz CT molecular complexity index is 730. The van der Waals surface area contributed by atoms with Gasteiger partial charge in [0.15, 0.2) is 5.78 Å². The number of hydrogen-bond acceptors (Lipinski definition) is 4. The van der Waals surface area contributed by atoms with E-state index in [1.54, 1.807) is 30.4 Å². The Morgan fingerprint density at radius 2 is 2.00 bits per heavy atom. The summed E-state index contributed by atoms with van der Waals surface area (Å²) in [5.74, 6) is 0.0477. The lowest BCUT2D eigenvalue weighted by molar-refractivity contribution is -0.137. The van der Waals surface area contributed by atoms with Gasteiger partial charge in [-0.2, -0.15) is 0 Å². The Kier molecular flexibility index (Phi) is 2.42. The zero-order valence-electron chi connectivity index (χ0n) is 11.1. The van der Waals surface area contributed by atoms with E-state index in [0.29, 0.717) is 0 Å². The largest absolute Gasteiger partial charge is 0.473 e. The van der Waals surface area contributed by atoms with E-state index in [0.717, 1.165) is 16.9 Å². The highest BCUT2D eigenvalue weighted by molar-refractivity contribution is 5.99. The number of carbonyl (C=O) groups excluding carboxylic acids is 2. The minimum Gasteiger partial charge on any atom is -0.473 e. The normalized spacial score (nSPS) is 39.0. The maximum absolute atomic E-state index is 12.3. The van der Waals surface area contributed by atoms with E-state index in [4.69, 9.17) is 9.47 Å². The summed E-state index contributed by atoms with van der Waals surface area (Å²) in [7, 11) is 0. The van der Waals surface area contributed by atoms with Crippen molar-refractivity contribution in [2.45, 2.75) is 12.0 Å². The van der Waals surface area contributed by atoms with Crippen molar-refractivity contribution in [1.29, 1.82) is 0 Å². The van der Waals surface area contributed by atoms with Gasteiger partial charge in [0.05, 0.1) is 18.6 Å². The lowest BCUT2D eigenvalue weighted by Crippen LogP contribution is -2.36. The Balaban J connectivity index is 1.87. The van der Waals surface area contributed by atoms with E-state index in [-0.39, 0.29) is 24.1 Å². The van der Waals surface area contributed by atoms with Gasteiger partial charge in [-0.3, -0.25) is 9.59 Å². The molecule has 2 aliphatic carbocycles. The highest BCUT2D eigenvalue weighted by Gasteiger charge is 2.64. The summed E-state index contributed by atoms with van der Waals surface area (Å²) in [4.78, 5) is 23.9. The zero-order chi connectivity index (χ0) is 14.4. The van der Waals surface area contributed by atoms with Crippen LogP contribution in [0, 0.1) is 5.92 Å². The van der Waals surface area contributed by atoms with Crippen LogP contribution in [0.5, 0.6) is 0 Å². The summed E-state index contributed by atoms with van der Waals surface area (Å²) in [6, 6.07) is 0. The molecule has 4 heteroatoms. The summed E-state index contributed by atoms with van der Waals surface area (Å²) in [5, 5.41) is 0. The van der Waals surface area contributed by atoms with Crippen LogP contribution in [0.1, 0.15) is 6.42 Å². The van der Waals surface area contributed by atoms with Crippen LogP contribution in [0.25, 0.3) is 0 Å². The molecule has 2 aliphatic heterocycles. The number of rotatable bonds is 0. The molecule has 4 nitrogen and oxygen atoms in total. The van der Waals surface area contributed by atoms with Crippen LogP contribution in [-0.4, -0.2) is 17.4 Å². The number of ketones is 1. The smallest absolute Gasteiger partial charge is 0.314 e. The molecular weight excluding hydrogens is 268 g/mol. The quantitative estimate of drug-likeness (QED) is 0.504. The molecule has 2 atom stereocenters. The van der Waals surface area contributed by atoms with Crippen LogP contribution < -0.4 is 0 Å². The van der Waals surface area contributed by atoms with E-state index in [1.165, 1.54) is 6.26 Å². The average molecular weight is 280 g/mol. The number of cyclic esters (lactones) is 1. The molecule has 2 heterocycles. The van der Waals surface area contributed by atoms with Crippen molar-refractivity contribution in [3.8, 4) is 0 Å². The van der Waals surface area contributed by atoms with E-state index in [2.05, 4.69) is 0 Å². The summed E-state index contributed by atoms with van der Waals surface area (Å²) in [6.07, 6.45) is 15.7. The average Bonchev–Trinajstić information content (AvgIpc) is 3.17. The minimum absolute atomic E-state index is 0.0229. The third-order valence-corrected chi connectivity index (χ3v) is 4.07. The Morgan fingerprint density at radius 3 is 2.90 bits per heavy atom. The molecule has 1 fully saturated rings. The minimum atomic E-state index is -0.746. The molecule has 1 spiro atoms. The number of hydrogen-bond donors (Lipinski definition) is 0. The van der Waals surface area contributed by atoms with Crippen molar-refractivity contribution in [3.63, 3.8) is 0 Å². The Hall–Kier alpha value is -2.62. The molecule has 0 bridgehead atoms. The highest BCUT2D eigenvalue weighted by Crippen LogP contribution is 2.58. The lowest BCUT2D eigenvalue weighted by Gasteiger charge is -2.28. The first-order chi connectivity index (χ1) is 10.2. The van der Waals surface area contributed by atoms with Crippen LogP contribution in [0.15, 0.2) is 71.8 Å². The maximum Gasteiger partial charge on any atom is 0.314 e. The number of fused-ring (bicyclic) bond motifs is 1. The summed E-state index contributed by atoms with van der Waals surface area (Å²) in [6.45, 7) is 0. The fourth-order valence-electron chi connectivity index (χ4n) is 3.09. The molecule has 2 unspecified atom stereocenters. The Labute approximate surface area is 121 Å². The van der Waals surface area contributed by atoms with Crippen LogP contribution in [0.4, 0.5) is 0 Å². The van der Waals surface area contributed by atoms with E-state index >= 15 is 0 Å². The molecule has 0 saturated carbocycles. The van der Waals surface area contributed by atoms with E-state index in [1.807, 2.05) is 18.2 Å². The second-order valence-corrected chi connectivity index (χ2v) is 5.25. The van der Waals surface area contributed by atoms with Gasteiger partial charge in [-0.05, 0) is 23.8 Å². The molecule has 0 aromatic rings. The molecule has 21 heavy (non-hydrogen) atoms. The van der Waals surface area contributed by atoms with Gasteiger partial charge in [0.1, 0.15) is 5.76 Å². The number of ether oxygens (including phenoxy) is 2. The third kappa shape index (κ3) is 1.69. The van der Waals surface area contributed by atoms with Gasteiger partial charge in [-0.15, -0.1) is 0 Å². The zero-order valence-corrected chi connectivity index (χ0v) is 11.1. The van der Waals surface area contributed by atoms with Gasteiger partial charge < -0.3 is 9.47 Å². The van der Waals surface area contributed by atoms with Crippen LogP contribution in [0.3, 0.4) is 0 Å². The second-order valence-electron chi connectivity index (χ2n) is 5.25. The van der Waals surface area contributed by atoms with Crippen molar-refractivity contribution in [3.05, 3.63) is 71.8 Å². The fraction of sp³-hybridized carbons (Fsp3) is 0.176. The van der Waals surface area contributed by atoms with Gasteiger partial charge in [0, 0.05) is 5.57 Å². The number of allylic oxidation sites excluding steroid dienone is 6. The predicted octanol–water partition coefficient (Wildman–Crippen LogP) is 2.28. The van der Waals surface area contributed by atoms with Crippen molar-refractivity contribution >= 4 is 11.8 Å². The van der Waals surface area contributed by atoms with E-state index < -0.39 is 5.60 Å². The van der Waals surface area contributed by atoms with Crippen molar-refractivity contribution in [2.24, 2.45) is 5.92 Å². The topological polar surface area (TPSA) is 55.9 Å². The number of carbonyl (C=O) groups is 2. The lowest BCUT2D eigenvalue weighted by atomic mass is 9.71. The predicted molar refractivity (Wildman–Crippen MR) is 74.7 cm³/mol. The maximum atomic E-state index is 12.3. The molecule has 4 rings (SSSR count). The summed E-state index contributed by atoms with van der Waals surface area (Å²) < 4.78 is 10.8. The van der Waals surface area contributed by atoms with Crippen molar-refractivity contribution in [1.82, 2.24) is 0 Å². The van der Waals surface area contributed by atoms with Crippen molar-refractivity contribution < 1.29 is 19.1 Å². The molecule has 0 amide bonds. The fourth-order valence-corrected chi connectivity index (χ4v) is 3.09. The first kappa shape index (κ1) is 12.1. The first-order valence-corrected chi connectivity index (χ1v) is 6.78. The Morgan fingerprint density at radius 1 is 1.10 bits per heavy atom. The van der Waals surface area contributed by atoms with Gasteiger partial charge in [-0.25, -0.2) is 0 Å². The molecular formula is C17H12O4. The molecule has 104 valence electrons. The van der Waals surface area contributed by atoms with Crippen molar-refractivity contribution in [2.75, 3.05) is 0 Å². The van der Waals surface area contributed by atoms with Gasteiger partial charge in [0.2, 0.25) is 5.60 Å². The second kappa shape index (κ2) is 4.19. The SMILES string of the molecule is O=C1C/C=C2\C=CC3=CC=CC(=O)C3C23O/C3=C\C=C/O1. The van der Waals surface area contributed by atoms with Crippen LogP contribution in [0.2, 0.25) is 0 Å². The summed E-state index contributed by atoms with van der Waals surface area (Å²) >= 11 is 0. The first-order valence-electron chi connectivity index (χ1n) is 6.78. The highest BCUT2D eigenvalue weighted by atomic mass is 16.6. The molecule has 1 saturated heterocycles. The van der Waals surface area contributed by atoms with Gasteiger partial charge >= 0.3 is 5.97 Å². The number of epoxide rings is 1. The third-order valence-electron chi connectivity index (χ3n) is 4.07. The van der Waals surface area contributed by atoms with Crippen LogP contribution >= 0.6 is 0 Å². The summed E-state index contributed by atoms with van der Waals surface area (Å²) in [5.41, 5.74) is 1.03. The molecule has 4 aliphatic rings. The molecule has 0 radical (unpaired) electrons. The van der Waals surface area contributed by atoms with Gasteiger partial charge in [0.25, 0.3) is 0 Å². The number of esters is 1. The molecule has 0 aromatic carbocycles.